The maximum Gasteiger partial charge on any atom is 0.387 e. The molecule has 0 radical (unpaired) electrons. The van der Waals surface area contributed by atoms with Crippen molar-refractivity contribution in [2.75, 3.05) is 14.2 Å². The van der Waals surface area contributed by atoms with Crippen LogP contribution in [0, 0.1) is 6.92 Å². The number of halogens is 2. The second-order valence-electron chi connectivity index (χ2n) is 6.32. The lowest BCUT2D eigenvalue weighted by Gasteiger charge is -2.14. The third-order valence-corrected chi connectivity index (χ3v) is 4.64. The molecule has 0 saturated heterocycles. The van der Waals surface area contributed by atoms with Crippen LogP contribution in [0.25, 0.3) is 33.1 Å². The molecule has 2 aromatic carbocycles. The summed E-state index contributed by atoms with van der Waals surface area (Å²) < 4.78 is 40.6. The van der Waals surface area contributed by atoms with E-state index in [1.54, 1.807) is 19.2 Å². The minimum atomic E-state index is -3.07. The number of phenolic OH excluding ortho intramolecular Hbond substituents is 1. The Bertz CT molecular complexity index is 1220. The van der Waals surface area contributed by atoms with Gasteiger partial charge in [-0.3, -0.25) is 5.10 Å². The second-order valence-corrected chi connectivity index (χ2v) is 6.32. The normalized spacial score (nSPS) is 11.4. The summed E-state index contributed by atoms with van der Waals surface area (Å²) in [5.41, 5.74) is 2.22. The predicted molar refractivity (Wildman–Crippen MR) is 103 cm³/mol. The fraction of sp³-hybridized carbons (Fsp3) is 0.200. The highest BCUT2D eigenvalue weighted by atomic mass is 19.3. The smallest absolute Gasteiger partial charge is 0.387 e. The zero-order valence-corrected chi connectivity index (χ0v) is 15.8. The number of ether oxygens (including phenoxy) is 3. The third kappa shape index (κ3) is 3.14. The van der Waals surface area contributed by atoms with E-state index in [1.165, 1.54) is 19.2 Å². The van der Waals surface area contributed by atoms with Gasteiger partial charge in [-0.2, -0.15) is 13.9 Å². The number of aryl methyl sites for hydroxylation is 1. The van der Waals surface area contributed by atoms with Crippen molar-refractivity contribution in [2.45, 2.75) is 13.5 Å². The summed E-state index contributed by atoms with van der Waals surface area (Å²) in [5.74, 6) is 0.290. The first-order valence-corrected chi connectivity index (χ1v) is 8.61. The monoisotopic (exact) mass is 401 g/mol. The Labute approximate surface area is 163 Å². The topological polar surface area (TPSA) is 89.5 Å². The molecule has 0 aliphatic rings. The van der Waals surface area contributed by atoms with Crippen LogP contribution in [0.2, 0.25) is 0 Å². The molecule has 7 nitrogen and oxygen atoms in total. The average Bonchev–Trinajstić information content (AvgIpc) is 3.08. The maximum atomic E-state index is 12.7. The molecular formula is C20H17F2N3O4. The van der Waals surface area contributed by atoms with Gasteiger partial charge < -0.3 is 19.3 Å². The number of nitrogens with one attached hydrogen (secondary N) is 1. The molecule has 2 heterocycles. The van der Waals surface area contributed by atoms with Crippen molar-refractivity contribution >= 4 is 21.8 Å². The minimum Gasteiger partial charge on any atom is -0.504 e. The number of H-pyrrole nitrogens is 1. The number of aromatic hydroxyl groups is 1. The Morgan fingerprint density at radius 1 is 1.00 bits per heavy atom. The fourth-order valence-electron chi connectivity index (χ4n) is 3.34. The standard InChI is InChI=1S/C20H17F2N3O4/c1-9-17-11-7-15(27-2)16(28-3)8-12(11)18(23-19(17)25-24-9)10-4-5-13(26)14(6-10)29-20(21)22/h4-8,20,26H,1-3H3,(H,23,24,25). The van der Waals surface area contributed by atoms with Gasteiger partial charge in [-0.05, 0) is 37.3 Å². The average molecular weight is 401 g/mol. The number of alkyl halides is 2. The van der Waals surface area contributed by atoms with E-state index >= 15 is 0 Å². The molecule has 2 aromatic heterocycles. The highest BCUT2D eigenvalue weighted by molar-refractivity contribution is 6.12. The van der Waals surface area contributed by atoms with E-state index in [-0.39, 0.29) is 5.75 Å². The van der Waals surface area contributed by atoms with Gasteiger partial charge in [0.25, 0.3) is 0 Å². The van der Waals surface area contributed by atoms with Gasteiger partial charge in [0, 0.05) is 27.4 Å². The Hall–Kier alpha value is -3.62. The quantitative estimate of drug-likeness (QED) is 0.515. The van der Waals surface area contributed by atoms with Gasteiger partial charge in [-0.25, -0.2) is 4.98 Å². The number of hydrogen-bond acceptors (Lipinski definition) is 6. The summed E-state index contributed by atoms with van der Waals surface area (Å²) in [6.07, 6.45) is 0. The molecule has 0 saturated carbocycles. The highest BCUT2D eigenvalue weighted by Crippen LogP contribution is 2.41. The van der Waals surface area contributed by atoms with Crippen LogP contribution in [0.3, 0.4) is 0 Å². The van der Waals surface area contributed by atoms with E-state index in [9.17, 15) is 13.9 Å². The molecular weight excluding hydrogens is 384 g/mol. The SMILES string of the molecule is COc1cc2c(-c3ccc(O)c(OC(F)F)c3)nc3n[nH]c(C)c3c2cc1OC. The summed E-state index contributed by atoms with van der Waals surface area (Å²) in [6.45, 7) is -1.19. The molecule has 2 N–H and O–H groups in total. The number of hydrogen-bond donors (Lipinski definition) is 2. The summed E-state index contributed by atoms with van der Waals surface area (Å²) in [4.78, 5) is 4.61. The molecule has 0 unspecified atom stereocenters. The van der Waals surface area contributed by atoms with Crippen molar-refractivity contribution in [3.8, 4) is 34.3 Å². The first kappa shape index (κ1) is 18.7. The number of pyridine rings is 1. The number of methoxy groups -OCH3 is 2. The zero-order valence-electron chi connectivity index (χ0n) is 15.8. The number of nitrogens with zero attached hydrogens (tertiary/aromatic N) is 2. The highest BCUT2D eigenvalue weighted by Gasteiger charge is 2.19. The van der Waals surface area contributed by atoms with Crippen LogP contribution < -0.4 is 14.2 Å². The lowest BCUT2D eigenvalue weighted by Crippen LogP contribution is -2.02. The number of aromatic amines is 1. The molecule has 150 valence electrons. The predicted octanol–water partition coefficient (Wildman–Crippen LogP) is 4.41. The fourth-order valence-corrected chi connectivity index (χ4v) is 3.34. The van der Waals surface area contributed by atoms with Crippen LogP contribution in [0.15, 0.2) is 30.3 Å². The van der Waals surface area contributed by atoms with Crippen LogP contribution in [0.4, 0.5) is 8.78 Å². The maximum absolute atomic E-state index is 12.7. The summed E-state index contributed by atoms with van der Waals surface area (Å²) >= 11 is 0. The molecule has 29 heavy (non-hydrogen) atoms. The van der Waals surface area contributed by atoms with Crippen molar-refractivity contribution in [2.24, 2.45) is 0 Å². The van der Waals surface area contributed by atoms with Crippen molar-refractivity contribution in [3.05, 3.63) is 36.0 Å². The van der Waals surface area contributed by atoms with Gasteiger partial charge in [-0.15, -0.1) is 0 Å². The Morgan fingerprint density at radius 3 is 2.34 bits per heavy atom. The van der Waals surface area contributed by atoms with Gasteiger partial charge >= 0.3 is 6.61 Å². The molecule has 0 spiro atoms. The molecule has 0 fully saturated rings. The summed E-state index contributed by atoms with van der Waals surface area (Å²) in [6, 6.07) is 7.74. The van der Waals surface area contributed by atoms with E-state index in [0.29, 0.717) is 33.8 Å². The van der Waals surface area contributed by atoms with E-state index in [4.69, 9.17) is 9.47 Å². The number of rotatable bonds is 5. The van der Waals surface area contributed by atoms with Crippen LogP contribution in [-0.4, -0.2) is 41.1 Å². The first-order valence-electron chi connectivity index (χ1n) is 8.61. The van der Waals surface area contributed by atoms with Crippen molar-refractivity contribution in [3.63, 3.8) is 0 Å². The molecule has 0 aliphatic carbocycles. The molecule has 0 aliphatic heterocycles. The van der Waals surface area contributed by atoms with Gasteiger partial charge in [0.05, 0.1) is 19.9 Å². The van der Waals surface area contributed by atoms with Crippen molar-refractivity contribution in [1.29, 1.82) is 0 Å². The summed E-state index contributed by atoms with van der Waals surface area (Å²) in [7, 11) is 3.06. The molecule has 0 atom stereocenters. The molecule has 0 amide bonds. The largest absolute Gasteiger partial charge is 0.504 e. The van der Waals surface area contributed by atoms with E-state index in [1.807, 2.05) is 13.0 Å². The van der Waals surface area contributed by atoms with Gasteiger partial charge in [-0.1, -0.05) is 0 Å². The number of phenols is 1. The van der Waals surface area contributed by atoms with Crippen molar-refractivity contribution in [1.82, 2.24) is 15.2 Å². The molecule has 4 aromatic rings. The van der Waals surface area contributed by atoms with E-state index < -0.39 is 12.4 Å². The van der Waals surface area contributed by atoms with Gasteiger partial charge in [0.2, 0.25) is 0 Å². The van der Waals surface area contributed by atoms with Crippen LogP contribution in [0.5, 0.6) is 23.0 Å². The van der Waals surface area contributed by atoms with Gasteiger partial charge in [0.1, 0.15) is 0 Å². The summed E-state index contributed by atoms with van der Waals surface area (Å²) in [5, 5.41) is 19.3. The lowest BCUT2D eigenvalue weighted by molar-refractivity contribution is -0.0512. The van der Waals surface area contributed by atoms with Crippen LogP contribution >= 0.6 is 0 Å². The first-order chi connectivity index (χ1) is 13.9. The number of benzene rings is 2. The zero-order chi connectivity index (χ0) is 20.7. The van der Waals surface area contributed by atoms with E-state index in [2.05, 4.69) is 19.9 Å². The number of aromatic nitrogens is 3. The Balaban J connectivity index is 2.06. The van der Waals surface area contributed by atoms with Crippen LogP contribution in [0.1, 0.15) is 5.69 Å². The van der Waals surface area contributed by atoms with Gasteiger partial charge in [0.15, 0.2) is 28.6 Å². The second kappa shape index (κ2) is 7.08. The van der Waals surface area contributed by atoms with E-state index in [0.717, 1.165) is 16.5 Å². The van der Waals surface area contributed by atoms with Crippen LogP contribution in [-0.2, 0) is 0 Å². The molecule has 9 heteroatoms. The third-order valence-electron chi connectivity index (χ3n) is 4.64. The van der Waals surface area contributed by atoms with Crippen molar-refractivity contribution < 1.29 is 28.1 Å². The minimum absolute atomic E-state index is 0.341. The molecule has 0 bridgehead atoms. The lowest BCUT2D eigenvalue weighted by atomic mass is 10.00. The molecule has 4 rings (SSSR count). The number of fused-ring (bicyclic) bond motifs is 3. The Kier molecular flexibility index (Phi) is 4.57. The Morgan fingerprint density at radius 2 is 1.69 bits per heavy atom.